The third kappa shape index (κ3) is 6.86. The molecule has 0 aromatic heterocycles. The fourth-order valence-corrected chi connectivity index (χ4v) is 0.417. The first-order valence-corrected chi connectivity index (χ1v) is 3.35. The molecule has 11 heavy (non-hydrogen) atoms. The minimum atomic E-state index is -0.786. The Morgan fingerprint density at radius 1 is 1.64 bits per heavy atom. The Balaban J connectivity index is 3.79. The van der Waals surface area contributed by atoms with Crippen LogP contribution in [0.5, 0.6) is 0 Å². The highest BCUT2D eigenvalue weighted by atomic mass is 16.3. The van der Waals surface area contributed by atoms with Gasteiger partial charge in [-0.1, -0.05) is 0 Å². The lowest BCUT2D eigenvalue weighted by atomic mass is 10.1. The van der Waals surface area contributed by atoms with Crippen LogP contribution in [0.25, 0.3) is 0 Å². The van der Waals surface area contributed by atoms with Crippen LogP contribution in [0, 0.1) is 0 Å². The second-order valence-corrected chi connectivity index (χ2v) is 2.95. The molecule has 5 N–H and O–H groups in total. The van der Waals surface area contributed by atoms with Crippen molar-refractivity contribution >= 4 is 6.21 Å². The number of aliphatic hydroxyl groups is 1. The van der Waals surface area contributed by atoms with Crippen LogP contribution in [0.15, 0.2) is 16.9 Å². The van der Waals surface area contributed by atoms with Gasteiger partial charge in [-0.05, 0) is 13.8 Å². The van der Waals surface area contributed by atoms with E-state index in [-0.39, 0.29) is 0 Å². The Hall–Kier alpha value is -1.03. The smallest absolute Gasteiger partial charge is 0.0786 e. The van der Waals surface area contributed by atoms with Crippen molar-refractivity contribution in [2.24, 2.45) is 16.5 Å². The lowest BCUT2D eigenvalue weighted by molar-refractivity contribution is 0.0906. The van der Waals surface area contributed by atoms with Crippen LogP contribution in [-0.2, 0) is 0 Å². The molecule has 4 nitrogen and oxygen atoms in total. The van der Waals surface area contributed by atoms with E-state index in [4.69, 9.17) is 11.5 Å². The third-order valence-corrected chi connectivity index (χ3v) is 0.911. The Bertz CT molecular complexity index is 167. The molecule has 0 aliphatic carbocycles. The maximum Gasteiger partial charge on any atom is 0.0786 e. The zero-order valence-electron chi connectivity index (χ0n) is 6.91. The first-order valence-electron chi connectivity index (χ1n) is 3.35. The molecule has 0 radical (unpaired) electrons. The highest BCUT2D eigenvalue weighted by Crippen LogP contribution is 1.99. The van der Waals surface area contributed by atoms with Gasteiger partial charge in [0.25, 0.3) is 0 Å². The molecule has 0 aliphatic heterocycles. The Morgan fingerprint density at radius 2 is 2.18 bits per heavy atom. The van der Waals surface area contributed by atoms with Gasteiger partial charge in [-0.15, -0.1) is 0 Å². The molecule has 0 bridgehead atoms. The first kappa shape index (κ1) is 9.97. The van der Waals surface area contributed by atoms with Gasteiger partial charge < -0.3 is 16.6 Å². The summed E-state index contributed by atoms with van der Waals surface area (Å²) < 4.78 is 0. The molecule has 0 amide bonds. The second kappa shape index (κ2) is 3.98. The predicted octanol–water partition coefficient (Wildman–Crippen LogP) is -0.413. The maximum absolute atomic E-state index is 9.20. The Labute approximate surface area is 66.6 Å². The highest BCUT2D eigenvalue weighted by molar-refractivity contribution is 5.76. The molecule has 0 spiro atoms. The molecule has 0 saturated heterocycles. The second-order valence-electron chi connectivity index (χ2n) is 2.95. The van der Waals surface area contributed by atoms with Gasteiger partial charge in [-0.3, -0.25) is 4.99 Å². The Morgan fingerprint density at radius 3 is 2.55 bits per heavy atom. The molecule has 0 aromatic carbocycles. The molecule has 0 aliphatic rings. The van der Waals surface area contributed by atoms with Crippen molar-refractivity contribution in [3.63, 3.8) is 0 Å². The van der Waals surface area contributed by atoms with E-state index in [0.717, 1.165) is 0 Å². The Kier molecular flexibility index (Phi) is 3.60. The number of hydrogen-bond donors (Lipinski definition) is 3. The molecule has 0 rings (SSSR count). The molecule has 0 fully saturated rings. The van der Waals surface area contributed by atoms with Gasteiger partial charge >= 0.3 is 0 Å². The maximum atomic E-state index is 9.20. The number of rotatable bonds is 3. The highest BCUT2D eigenvalue weighted by Gasteiger charge is 2.09. The van der Waals surface area contributed by atoms with E-state index in [9.17, 15) is 5.11 Å². The van der Waals surface area contributed by atoms with Crippen LogP contribution in [0.3, 0.4) is 0 Å². The van der Waals surface area contributed by atoms with Crippen LogP contribution in [0.1, 0.15) is 13.8 Å². The van der Waals surface area contributed by atoms with Gasteiger partial charge in [0, 0.05) is 12.4 Å². The van der Waals surface area contributed by atoms with E-state index in [1.807, 2.05) is 0 Å². The van der Waals surface area contributed by atoms with E-state index in [0.29, 0.717) is 12.2 Å². The summed E-state index contributed by atoms with van der Waals surface area (Å²) in [5, 5.41) is 9.20. The average Bonchev–Trinajstić information content (AvgIpc) is 1.85. The number of nitrogens with zero attached hydrogens (tertiary/aromatic N) is 1. The van der Waals surface area contributed by atoms with E-state index in [2.05, 4.69) is 4.99 Å². The summed E-state index contributed by atoms with van der Waals surface area (Å²) in [6.45, 7) is 3.67. The number of allylic oxidation sites excluding steroid dienone is 1. The van der Waals surface area contributed by atoms with Crippen LogP contribution < -0.4 is 11.5 Å². The summed E-state index contributed by atoms with van der Waals surface area (Å²) in [5.41, 5.74) is 10.00. The third-order valence-electron chi connectivity index (χ3n) is 0.911. The largest absolute Gasteiger partial charge is 0.403 e. The van der Waals surface area contributed by atoms with Crippen LogP contribution in [-0.4, -0.2) is 23.5 Å². The van der Waals surface area contributed by atoms with Crippen molar-refractivity contribution in [3.05, 3.63) is 11.9 Å². The van der Waals surface area contributed by atoms with Gasteiger partial charge in [0.05, 0.1) is 17.8 Å². The molecule has 64 valence electrons. The molecule has 0 heterocycles. The molecular formula is C7H15N3O. The van der Waals surface area contributed by atoms with Crippen LogP contribution in [0.4, 0.5) is 0 Å². The standard InChI is InChI=1S/C7H15N3O/c1-7(2,11)5-10-4-6(9)3-8/h3-4,11H,5,8-9H2,1-2H3/b6-3+,10-4?. The number of nitrogens with two attached hydrogens (primary N) is 2. The van der Waals surface area contributed by atoms with E-state index in [1.54, 1.807) is 13.8 Å². The monoisotopic (exact) mass is 157 g/mol. The van der Waals surface area contributed by atoms with Crippen LogP contribution >= 0.6 is 0 Å². The van der Waals surface area contributed by atoms with Gasteiger partial charge in [-0.25, -0.2) is 0 Å². The summed E-state index contributed by atoms with van der Waals surface area (Å²) in [4.78, 5) is 3.87. The average molecular weight is 157 g/mol. The van der Waals surface area contributed by atoms with E-state index < -0.39 is 5.60 Å². The molecular weight excluding hydrogens is 142 g/mol. The fourth-order valence-electron chi connectivity index (χ4n) is 0.417. The number of hydrogen-bond acceptors (Lipinski definition) is 4. The summed E-state index contributed by atoms with van der Waals surface area (Å²) in [6.07, 6.45) is 2.69. The first-order chi connectivity index (χ1) is 4.95. The van der Waals surface area contributed by atoms with Gasteiger partial charge in [0.15, 0.2) is 0 Å². The molecule has 0 saturated carbocycles. The molecule has 4 heteroatoms. The van der Waals surface area contributed by atoms with Crippen molar-refractivity contribution in [3.8, 4) is 0 Å². The molecule has 0 atom stereocenters. The zero-order chi connectivity index (χ0) is 8.91. The van der Waals surface area contributed by atoms with Crippen molar-refractivity contribution in [2.45, 2.75) is 19.4 Å². The van der Waals surface area contributed by atoms with Crippen molar-refractivity contribution in [1.29, 1.82) is 0 Å². The fraction of sp³-hybridized carbons (Fsp3) is 0.571. The molecule has 0 unspecified atom stereocenters. The predicted molar refractivity (Wildman–Crippen MR) is 46.1 cm³/mol. The molecule has 0 aromatic rings. The normalized spacial score (nSPS) is 14.3. The zero-order valence-corrected chi connectivity index (χ0v) is 6.91. The van der Waals surface area contributed by atoms with Gasteiger partial charge in [0.1, 0.15) is 0 Å². The minimum Gasteiger partial charge on any atom is -0.403 e. The summed E-state index contributed by atoms with van der Waals surface area (Å²) in [7, 11) is 0. The minimum absolute atomic E-state index is 0.321. The van der Waals surface area contributed by atoms with Crippen molar-refractivity contribution in [1.82, 2.24) is 0 Å². The van der Waals surface area contributed by atoms with Crippen LogP contribution in [0.2, 0.25) is 0 Å². The van der Waals surface area contributed by atoms with E-state index in [1.165, 1.54) is 12.4 Å². The summed E-state index contributed by atoms with van der Waals surface area (Å²) in [6, 6.07) is 0. The van der Waals surface area contributed by atoms with Crippen molar-refractivity contribution in [2.75, 3.05) is 6.54 Å². The topological polar surface area (TPSA) is 84.6 Å². The van der Waals surface area contributed by atoms with Crippen molar-refractivity contribution < 1.29 is 5.11 Å². The van der Waals surface area contributed by atoms with Gasteiger partial charge in [-0.2, -0.15) is 0 Å². The number of aliphatic imine (C=N–C) groups is 1. The van der Waals surface area contributed by atoms with E-state index >= 15 is 0 Å². The SMILES string of the molecule is CC(C)(O)CN=C/C(N)=C\N. The quantitative estimate of drug-likeness (QED) is 0.487. The lowest BCUT2D eigenvalue weighted by Crippen LogP contribution is -2.22. The summed E-state index contributed by atoms with van der Waals surface area (Å²) >= 11 is 0. The summed E-state index contributed by atoms with van der Waals surface area (Å²) in [5.74, 6) is 0. The lowest BCUT2D eigenvalue weighted by Gasteiger charge is -2.12. The van der Waals surface area contributed by atoms with Gasteiger partial charge in [0.2, 0.25) is 0 Å².